The predicted molar refractivity (Wildman–Crippen MR) is 96.8 cm³/mol. The maximum absolute atomic E-state index is 12.3. The summed E-state index contributed by atoms with van der Waals surface area (Å²) >= 11 is 0. The Labute approximate surface area is 149 Å². The second-order valence-corrected chi connectivity index (χ2v) is 6.77. The number of hydrogen-bond donors (Lipinski definition) is 1. The lowest BCUT2D eigenvalue weighted by Gasteiger charge is -2.36. The first-order valence-electron chi connectivity index (χ1n) is 9.12. The van der Waals surface area contributed by atoms with Crippen LogP contribution in [0.3, 0.4) is 0 Å². The van der Waals surface area contributed by atoms with Crippen molar-refractivity contribution in [2.75, 3.05) is 44.7 Å². The number of ether oxygens (including phenoxy) is 1. The number of amides is 2. The van der Waals surface area contributed by atoms with Gasteiger partial charge in [-0.3, -0.25) is 9.59 Å². The zero-order valence-electron chi connectivity index (χ0n) is 14.9. The number of piperazine rings is 1. The summed E-state index contributed by atoms with van der Waals surface area (Å²) in [5.74, 6) is 1.01. The van der Waals surface area contributed by atoms with E-state index in [1.807, 2.05) is 29.2 Å². The van der Waals surface area contributed by atoms with Gasteiger partial charge in [-0.25, -0.2) is 0 Å². The maximum Gasteiger partial charge on any atom is 0.242 e. The van der Waals surface area contributed by atoms with E-state index in [1.165, 1.54) is 0 Å². The average molecular weight is 345 g/mol. The first-order valence-corrected chi connectivity index (χ1v) is 9.12. The highest BCUT2D eigenvalue weighted by Gasteiger charge is 2.25. The summed E-state index contributed by atoms with van der Waals surface area (Å²) in [6.45, 7) is 3.09. The van der Waals surface area contributed by atoms with Crippen LogP contribution >= 0.6 is 0 Å². The molecule has 25 heavy (non-hydrogen) atoms. The normalized spacial score (nSPS) is 18.3. The SMILES string of the molecule is COc1ccc(N2CCN(C(=O)CNC(=O)C3CCCC3)CC2)cc1. The summed E-state index contributed by atoms with van der Waals surface area (Å²) in [6, 6.07) is 7.98. The molecule has 0 radical (unpaired) electrons. The van der Waals surface area contributed by atoms with Crippen LogP contribution in [0.2, 0.25) is 0 Å². The molecule has 0 spiro atoms. The highest BCUT2D eigenvalue weighted by molar-refractivity contribution is 5.86. The van der Waals surface area contributed by atoms with Crippen molar-refractivity contribution >= 4 is 17.5 Å². The van der Waals surface area contributed by atoms with Gasteiger partial charge in [0.25, 0.3) is 0 Å². The monoisotopic (exact) mass is 345 g/mol. The van der Waals surface area contributed by atoms with Crippen LogP contribution in [-0.2, 0) is 9.59 Å². The number of benzene rings is 1. The van der Waals surface area contributed by atoms with Gasteiger partial charge in [-0.05, 0) is 37.1 Å². The average Bonchev–Trinajstić information content (AvgIpc) is 3.21. The van der Waals surface area contributed by atoms with E-state index in [4.69, 9.17) is 4.74 Å². The molecule has 0 atom stereocenters. The van der Waals surface area contributed by atoms with E-state index in [0.29, 0.717) is 13.1 Å². The first-order chi connectivity index (χ1) is 12.2. The molecule has 1 N–H and O–H groups in total. The van der Waals surface area contributed by atoms with Gasteiger partial charge in [0, 0.05) is 37.8 Å². The van der Waals surface area contributed by atoms with Crippen molar-refractivity contribution in [1.29, 1.82) is 0 Å². The molecule has 0 unspecified atom stereocenters. The topological polar surface area (TPSA) is 61.9 Å². The number of hydrogen-bond acceptors (Lipinski definition) is 4. The molecule has 2 fully saturated rings. The third kappa shape index (κ3) is 4.44. The number of nitrogens with one attached hydrogen (secondary N) is 1. The van der Waals surface area contributed by atoms with Gasteiger partial charge in [0.1, 0.15) is 5.75 Å². The number of methoxy groups -OCH3 is 1. The van der Waals surface area contributed by atoms with Gasteiger partial charge in [0.15, 0.2) is 0 Å². The fourth-order valence-electron chi connectivity index (χ4n) is 3.61. The molecule has 6 nitrogen and oxygen atoms in total. The Morgan fingerprint density at radius 3 is 2.32 bits per heavy atom. The van der Waals surface area contributed by atoms with Gasteiger partial charge in [0.2, 0.25) is 11.8 Å². The molecule has 6 heteroatoms. The van der Waals surface area contributed by atoms with Crippen LogP contribution < -0.4 is 15.0 Å². The Hall–Kier alpha value is -2.24. The van der Waals surface area contributed by atoms with Crippen molar-refractivity contribution in [3.05, 3.63) is 24.3 Å². The molecule has 1 aliphatic heterocycles. The van der Waals surface area contributed by atoms with Crippen LogP contribution in [0, 0.1) is 5.92 Å². The van der Waals surface area contributed by atoms with Crippen molar-refractivity contribution in [1.82, 2.24) is 10.2 Å². The number of rotatable bonds is 5. The highest BCUT2D eigenvalue weighted by Crippen LogP contribution is 2.24. The second-order valence-electron chi connectivity index (χ2n) is 6.77. The molecule has 0 bridgehead atoms. The Balaban J connectivity index is 1.43. The summed E-state index contributed by atoms with van der Waals surface area (Å²) in [6.07, 6.45) is 4.17. The van der Waals surface area contributed by atoms with Crippen LogP contribution in [-0.4, -0.2) is 56.5 Å². The van der Waals surface area contributed by atoms with Crippen molar-refractivity contribution in [3.63, 3.8) is 0 Å². The molecule has 1 saturated heterocycles. The summed E-state index contributed by atoms with van der Waals surface area (Å²) in [5, 5.41) is 2.82. The van der Waals surface area contributed by atoms with Gasteiger partial charge < -0.3 is 19.9 Å². The molecule has 1 saturated carbocycles. The van der Waals surface area contributed by atoms with E-state index in [2.05, 4.69) is 10.2 Å². The lowest BCUT2D eigenvalue weighted by molar-refractivity contribution is -0.134. The lowest BCUT2D eigenvalue weighted by atomic mass is 10.1. The van der Waals surface area contributed by atoms with Gasteiger partial charge in [-0.1, -0.05) is 12.8 Å². The van der Waals surface area contributed by atoms with Gasteiger partial charge in [-0.2, -0.15) is 0 Å². The van der Waals surface area contributed by atoms with Gasteiger partial charge in [-0.15, -0.1) is 0 Å². The Morgan fingerprint density at radius 2 is 1.72 bits per heavy atom. The maximum atomic E-state index is 12.3. The summed E-state index contributed by atoms with van der Waals surface area (Å²) in [4.78, 5) is 28.4. The lowest BCUT2D eigenvalue weighted by Crippen LogP contribution is -2.51. The zero-order valence-corrected chi connectivity index (χ0v) is 14.9. The Bertz CT molecular complexity index is 588. The van der Waals surface area contributed by atoms with Crippen LogP contribution in [0.25, 0.3) is 0 Å². The third-order valence-corrected chi connectivity index (χ3v) is 5.21. The van der Waals surface area contributed by atoms with E-state index < -0.39 is 0 Å². The largest absolute Gasteiger partial charge is 0.497 e. The first kappa shape index (κ1) is 17.6. The molecule has 2 amide bonds. The second kappa shape index (κ2) is 8.23. The van der Waals surface area contributed by atoms with Crippen LogP contribution in [0.15, 0.2) is 24.3 Å². The Morgan fingerprint density at radius 1 is 1.08 bits per heavy atom. The zero-order chi connectivity index (χ0) is 17.6. The van der Waals surface area contributed by atoms with Gasteiger partial charge >= 0.3 is 0 Å². The van der Waals surface area contributed by atoms with Gasteiger partial charge in [0.05, 0.1) is 13.7 Å². The minimum Gasteiger partial charge on any atom is -0.497 e. The summed E-state index contributed by atoms with van der Waals surface area (Å²) in [5.41, 5.74) is 1.14. The van der Waals surface area contributed by atoms with Crippen molar-refractivity contribution in [2.45, 2.75) is 25.7 Å². The third-order valence-electron chi connectivity index (χ3n) is 5.21. The number of anilines is 1. The minimum absolute atomic E-state index is 0.0146. The summed E-state index contributed by atoms with van der Waals surface area (Å²) < 4.78 is 5.18. The fraction of sp³-hybridized carbons (Fsp3) is 0.579. The molecular weight excluding hydrogens is 318 g/mol. The van der Waals surface area contributed by atoms with E-state index in [0.717, 1.165) is 50.2 Å². The molecular formula is C19H27N3O3. The fourth-order valence-corrected chi connectivity index (χ4v) is 3.61. The van der Waals surface area contributed by atoms with E-state index in [-0.39, 0.29) is 24.3 Å². The molecule has 2 aliphatic rings. The van der Waals surface area contributed by atoms with E-state index >= 15 is 0 Å². The van der Waals surface area contributed by atoms with Crippen LogP contribution in [0.1, 0.15) is 25.7 Å². The molecule has 136 valence electrons. The quantitative estimate of drug-likeness (QED) is 0.881. The molecule has 3 rings (SSSR count). The Kier molecular flexibility index (Phi) is 5.79. The number of carbonyl (C=O) groups is 2. The van der Waals surface area contributed by atoms with Crippen molar-refractivity contribution < 1.29 is 14.3 Å². The van der Waals surface area contributed by atoms with E-state index in [9.17, 15) is 9.59 Å². The standard InChI is InChI=1S/C19H27N3O3/c1-25-17-8-6-16(7-9-17)21-10-12-22(13-11-21)18(23)14-20-19(24)15-4-2-3-5-15/h6-9,15H,2-5,10-14H2,1H3,(H,20,24). The van der Waals surface area contributed by atoms with Crippen LogP contribution in [0.4, 0.5) is 5.69 Å². The molecule has 1 aromatic rings. The smallest absolute Gasteiger partial charge is 0.242 e. The highest BCUT2D eigenvalue weighted by atomic mass is 16.5. The minimum atomic E-state index is 0.0146. The molecule has 0 aromatic heterocycles. The van der Waals surface area contributed by atoms with Crippen LogP contribution in [0.5, 0.6) is 5.75 Å². The predicted octanol–water partition coefficient (Wildman–Crippen LogP) is 1.65. The number of carbonyl (C=O) groups excluding carboxylic acids is 2. The number of nitrogens with zero attached hydrogens (tertiary/aromatic N) is 2. The summed E-state index contributed by atoms with van der Waals surface area (Å²) in [7, 11) is 1.66. The van der Waals surface area contributed by atoms with Crippen molar-refractivity contribution in [3.8, 4) is 5.75 Å². The molecule has 1 heterocycles. The molecule has 1 aromatic carbocycles. The van der Waals surface area contributed by atoms with E-state index in [1.54, 1.807) is 7.11 Å². The van der Waals surface area contributed by atoms with Crippen molar-refractivity contribution in [2.24, 2.45) is 5.92 Å². The molecule has 1 aliphatic carbocycles.